The molecule has 3 aliphatic rings. The minimum atomic E-state index is -3.52. The van der Waals surface area contributed by atoms with E-state index in [1.54, 1.807) is 79.5 Å². The van der Waals surface area contributed by atoms with E-state index in [-0.39, 0.29) is 39.5 Å². The Morgan fingerprint density at radius 1 is 0.752 bits per heavy atom. The maximum Gasteiger partial charge on any atom is 0.400 e. The summed E-state index contributed by atoms with van der Waals surface area (Å²) in [5, 5.41) is 22.3. The topological polar surface area (TPSA) is 292 Å². The van der Waals surface area contributed by atoms with Gasteiger partial charge in [-0.2, -0.15) is 10.1 Å². The predicted octanol–water partition coefficient (Wildman–Crippen LogP) is 12.8. The number of sulfone groups is 1. The van der Waals surface area contributed by atoms with E-state index in [1.165, 1.54) is 35.6 Å². The zero-order valence-electron chi connectivity index (χ0n) is 58.5. The molecule has 24 nitrogen and oxygen atoms in total. The molecule has 101 heavy (non-hydrogen) atoms. The van der Waals surface area contributed by atoms with E-state index in [0.29, 0.717) is 121 Å². The first-order valence-corrected chi connectivity index (χ1v) is 35.2. The largest absolute Gasteiger partial charge is 0.493 e. The van der Waals surface area contributed by atoms with Crippen molar-refractivity contribution < 1.29 is 75.2 Å². The molecule has 1 N–H and O–H groups in total. The maximum absolute atomic E-state index is 13.5. The molecule has 0 aliphatic carbocycles. The zero-order chi connectivity index (χ0) is 72.9. The summed E-state index contributed by atoms with van der Waals surface area (Å²) in [4.78, 5) is 77.7. The van der Waals surface area contributed by atoms with Gasteiger partial charge in [-0.3, -0.25) is 14.4 Å². The lowest BCUT2D eigenvalue weighted by atomic mass is 9.82. The molecule has 532 valence electrons. The number of ketones is 1. The average Bonchev–Trinajstić information content (AvgIpc) is 1.67. The van der Waals surface area contributed by atoms with Gasteiger partial charge in [0, 0.05) is 53.1 Å². The van der Waals surface area contributed by atoms with Gasteiger partial charge >= 0.3 is 24.0 Å². The smallest absolute Gasteiger partial charge is 0.400 e. The van der Waals surface area contributed by atoms with Crippen molar-refractivity contribution in [2.24, 2.45) is 22.8 Å². The predicted molar refractivity (Wildman–Crippen MR) is 379 cm³/mol. The van der Waals surface area contributed by atoms with Gasteiger partial charge in [-0.05, 0) is 139 Å². The van der Waals surface area contributed by atoms with Crippen molar-refractivity contribution in [2.45, 2.75) is 125 Å². The van der Waals surface area contributed by atoms with E-state index < -0.39 is 44.7 Å². The van der Waals surface area contributed by atoms with Gasteiger partial charge < -0.3 is 47.6 Å². The van der Waals surface area contributed by atoms with Crippen LogP contribution in [0.4, 0.5) is 0 Å². The standard InChI is InChI=1S/C23H32N2O4.C18H16ClNO5.C18H17NO3.C16H17N3O5S/c1-7-16-13-15(3)14-17(8-2)18(16)19-20(26)24-9-11-28-12-10-25(24)21(19)29-22(27)23(4,5)6;1-3-22-17(21)11(2)23-13-5-7-14(8-6-13)24-18-20-15-9-4-12(19)10-16(15)25-18;1-2-21-17(20)16-13-18(22-19-16,14-9-5-3-6-10-14)15-11-7-4-8-12-15;1-9-10(15(20)11-8-17-19(2)16(11)21)4-5-13(25(3,22)23)14(9)12-6-7-24-18-12/h13-14H,7-12H2,1-6H3;4-11H,3H2,1-2H3;3-12H,2,13H2,1H3;4-5,8,21H,6-7H2,1-3H3/t;11-;;/m.1../s1. The fourth-order valence-corrected chi connectivity index (χ4v) is 12.5. The quantitative estimate of drug-likeness (QED) is 0.0616. The Hall–Kier alpha value is -10.4. The van der Waals surface area contributed by atoms with Crippen molar-refractivity contribution >= 4 is 67.7 Å². The Labute approximate surface area is 590 Å². The normalized spacial score (nSPS) is 14.1. The summed E-state index contributed by atoms with van der Waals surface area (Å²) >= 11 is 5.91. The molecule has 3 aromatic heterocycles. The van der Waals surface area contributed by atoms with E-state index in [4.69, 9.17) is 54.1 Å². The van der Waals surface area contributed by atoms with E-state index in [0.717, 1.165) is 46.9 Å². The van der Waals surface area contributed by atoms with Crippen molar-refractivity contribution in [3.63, 3.8) is 0 Å². The summed E-state index contributed by atoms with van der Waals surface area (Å²) in [6.07, 6.45) is 4.22. The third-order valence-corrected chi connectivity index (χ3v) is 17.8. The highest BCUT2D eigenvalue weighted by molar-refractivity contribution is 7.90. The van der Waals surface area contributed by atoms with Crippen LogP contribution in [0.5, 0.6) is 29.3 Å². The van der Waals surface area contributed by atoms with Gasteiger partial charge in [-0.15, -0.1) is 0 Å². The number of rotatable bonds is 18. The second kappa shape index (κ2) is 32.7. The first kappa shape index (κ1) is 74.8. The average molecular weight is 1420 g/mol. The minimum Gasteiger partial charge on any atom is -0.493 e. The van der Waals surface area contributed by atoms with Gasteiger partial charge in [-0.25, -0.2) is 32.1 Å². The van der Waals surface area contributed by atoms with E-state index in [9.17, 15) is 37.5 Å². The number of nitrogens with zero attached hydrogens (tertiary/aromatic N) is 7. The van der Waals surface area contributed by atoms with Crippen LogP contribution in [0, 0.1) is 19.3 Å². The van der Waals surface area contributed by atoms with E-state index in [2.05, 4.69) is 53.3 Å². The highest BCUT2D eigenvalue weighted by Crippen LogP contribution is 2.42. The van der Waals surface area contributed by atoms with Gasteiger partial charge in [0.2, 0.25) is 11.8 Å². The summed E-state index contributed by atoms with van der Waals surface area (Å²) < 4.78 is 66.9. The molecule has 0 radical (unpaired) electrons. The van der Waals surface area contributed by atoms with Crippen LogP contribution >= 0.6 is 11.6 Å². The Balaban J connectivity index is 0.000000157. The van der Waals surface area contributed by atoms with Crippen LogP contribution in [-0.2, 0) is 86.7 Å². The first-order valence-electron chi connectivity index (χ1n) is 33.0. The molecule has 12 rings (SSSR count). The van der Waals surface area contributed by atoms with E-state index >= 15 is 0 Å². The van der Waals surface area contributed by atoms with Gasteiger partial charge in [-0.1, -0.05) is 114 Å². The number of oxime groups is 2. The number of aromatic nitrogens is 5. The van der Waals surface area contributed by atoms with Gasteiger partial charge in [0.05, 0.1) is 68.2 Å². The number of hydrogen-bond donors (Lipinski definition) is 1. The molecule has 1 atom stereocenters. The molecule has 0 amide bonds. The molecule has 0 unspecified atom stereocenters. The number of halogens is 1. The third kappa shape index (κ3) is 17.4. The lowest BCUT2D eigenvalue weighted by Crippen LogP contribution is -2.29. The molecule has 0 saturated carbocycles. The fraction of sp³-hybridized carbons (Fsp3) is 0.347. The molecular weight excluding hydrogens is 1340 g/mol. The van der Waals surface area contributed by atoms with Gasteiger partial charge in [0.15, 0.2) is 38.6 Å². The molecule has 9 aromatic rings. The first-order chi connectivity index (χ1) is 48.2. The molecule has 0 spiro atoms. The second-order valence-electron chi connectivity index (χ2n) is 24.8. The van der Waals surface area contributed by atoms with Gasteiger partial charge in [0.1, 0.15) is 34.7 Å². The number of benzene rings is 6. The van der Waals surface area contributed by atoms with Crippen molar-refractivity contribution in [3.8, 4) is 40.5 Å². The number of aromatic hydroxyl groups is 1. The number of oxazole rings is 1. The molecule has 0 saturated heterocycles. The van der Waals surface area contributed by atoms with Crippen LogP contribution in [-0.4, -0.2) is 118 Å². The number of carbonyl (C=O) groups is 4. The summed E-state index contributed by atoms with van der Waals surface area (Å²) in [5.41, 5.74) is 8.33. The van der Waals surface area contributed by atoms with Crippen LogP contribution in [0.3, 0.4) is 0 Å². The molecule has 0 bridgehead atoms. The van der Waals surface area contributed by atoms with Crippen LogP contribution < -0.4 is 19.8 Å². The maximum atomic E-state index is 13.5. The SMILES string of the molecule is CCOC(=O)C1=NOC(c2ccccc2)(c2ccccc2)C1.CCOC(=O)[C@@H](C)Oc1ccc(Oc2nc3ccc(Cl)cc3o2)cc1.CCc1cc(C)cc(CC)c1-c1c(OC(=O)C(C)(C)C)n2n(c1=O)CCOCC2.Cc1c(C(=O)c2cnn(C)c2O)ccc(S(C)(=O)=O)c1C1=NOCC1. The molecule has 6 aromatic carbocycles. The Morgan fingerprint density at radius 2 is 1.38 bits per heavy atom. The highest BCUT2D eigenvalue weighted by atomic mass is 35.5. The van der Waals surface area contributed by atoms with Crippen molar-refractivity contribution in [1.29, 1.82) is 0 Å². The number of fused-ring (bicyclic) bond motifs is 2. The summed E-state index contributed by atoms with van der Waals surface area (Å²) in [7, 11) is -2.00. The Bertz CT molecular complexity index is 4660. The molecule has 26 heteroatoms. The lowest BCUT2D eigenvalue weighted by molar-refractivity contribution is -0.150. The monoisotopic (exact) mass is 1420 g/mol. The number of carbonyl (C=O) groups excluding carboxylic acids is 4. The summed E-state index contributed by atoms with van der Waals surface area (Å²) in [6.45, 7) is 21.3. The van der Waals surface area contributed by atoms with Crippen LogP contribution in [0.15, 0.2) is 158 Å². The molecule has 3 aliphatic heterocycles. The molecule has 6 heterocycles. The van der Waals surface area contributed by atoms with Gasteiger partial charge in [0.25, 0.3) is 5.56 Å². The second-order valence-corrected chi connectivity index (χ2v) is 27.2. The van der Waals surface area contributed by atoms with E-state index in [1.807, 2.05) is 81.4 Å². The van der Waals surface area contributed by atoms with Crippen molar-refractivity contribution in [1.82, 2.24) is 24.1 Å². The van der Waals surface area contributed by atoms with Crippen molar-refractivity contribution in [2.75, 3.05) is 39.3 Å². The number of hydrogen-bond acceptors (Lipinski definition) is 21. The highest BCUT2D eigenvalue weighted by Gasteiger charge is 2.45. The molecule has 0 fully saturated rings. The minimum absolute atomic E-state index is 0.0493. The van der Waals surface area contributed by atoms with Crippen LogP contribution in [0.2, 0.25) is 5.02 Å². The fourth-order valence-electron chi connectivity index (χ4n) is 11.4. The van der Waals surface area contributed by atoms with Crippen LogP contribution in [0.25, 0.3) is 22.2 Å². The Morgan fingerprint density at radius 3 is 1.94 bits per heavy atom. The molecular formula is C75H82ClN7O17S. The number of esters is 3. The summed E-state index contributed by atoms with van der Waals surface area (Å²) in [6, 6.07) is 38.6. The number of ether oxygens (including phenoxy) is 6. The Kier molecular flexibility index (Phi) is 24.3. The van der Waals surface area contributed by atoms with Crippen LogP contribution in [0.1, 0.15) is 123 Å². The number of aryl methyl sites for hydroxylation is 4. The summed E-state index contributed by atoms with van der Waals surface area (Å²) in [5.74, 6) is -0.486. The lowest BCUT2D eigenvalue weighted by Gasteiger charge is -2.27. The van der Waals surface area contributed by atoms with Crippen molar-refractivity contribution in [3.05, 3.63) is 199 Å². The third-order valence-electron chi connectivity index (χ3n) is 16.5. The zero-order valence-corrected chi connectivity index (χ0v) is 60.0.